The van der Waals surface area contributed by atoms with Crippen LogP contribution in [0.5, 0.6) is 0 Å². The third kappa shape index (κ3) is 6.14. The predicted octanol–water partition coefficient (Wildman–Crippen LogP) is 1.92. The Morgan fingerprint density at radius 3 is 2.65 bits per heavy atom. The Bertz CT molecular complexity index is 427. The second-order valence-corrected chi connectivity index (χ2v) is 5.13. The Kier molecular flexibility index (Phi) is 6.64. The van der Waals surface area contributed by atoms with Crippen molar-refractivity contribution in [2.45, 2.75) is 32.9 Å². The van der Waals surface area contributed by atoms with E-state index in [0.29, 0.717) is 26.4 Å². The summed E-state index contributed by atoms with van der Waals surface area (Å²) in [4.78, 5) is 11.8. The average Bonchev–Trinajstić information content (AvgIpc) is 2.38. The smallest absolute Gasteiger partial charge is 0.243 e. The van der Waals surface area contributed by atoms with Crippen molar-refractivity contribution in [2.24, 2.45) is 5.73 Å². The molecule has 5 nitrogen and oxygen atoms in total. The van der Waals surface area contributed by atoms with Crippen LogP contribution in [0.4, 0.5) is 5.69 Å². The van der Waals surface area contributed by atoms with Crippen LogP contribution in [0.2, 0.25) is 0 Å². The summed E-state index contributed by atoms with van der Waals surface area (Å²) in [6.45, 7) is 7.62. The van der Waals surface area contributed by atoms with Gasteiger partial charge in [-0.1, -0.05) is 12.1 Å². The largest absolute Gasteiger partial charge is 0.379 e. The fraction of sp³-hybridized carbons (Fsp3) is 0.533. The third-order valence-electron chi connectivity index (χ3n) is 2.61. The fourth-order valence-electron chi connectivity index (χ4n) is 1.48. The molecule has 0 aliphatic carbocycles. The number of benzene rings is 1. The highest BCUT2D eigenvalue weighted by Crippen LogP contribution is 2.13. The Morgan fingerprint density at radius 1 is 1.30 bits per heavy atom. The van der Waals surface area contributed by atoms with E-state index in [2.05, 4.69) is 5.32 Å². The molecule has 0 fully saturated rings. The number of anilines is 1. The molecule has 0 atom stereocenters. The van der Waals surface area contributed by atoms with Crippen LogP contribution in [0.1, 0.15) is 26.3 Å². The van der Waals surface area contributed by atoms with Gasteiger partial charge in [0, 0.05) is 12.3 Å². The van der Waals surface area contributed by atoms with Crippen molar-refractivity contribution in [3.05, 3.63) is 29.8 Å². The van der Waals surface area contributed by atoms with E-state index in [1.165, 1.54) is 0 Å². The fourth-order valence-corrected chi connectivity index (χ4v) is 1.48. The van der Waals surface area contributed by atoms with E-state index < -0.39 is 5.54 Å². The molecule has 1 aromatic carbocycles. The number of amides is 1. The van der Waals surface area contributed by atoms with Gasteiger partial charge >= 0.3 is 0 Å². The molecule has 1 amide bonds. The molecule has 0 aliphatic rings. The first kappa shape index (κ1) is 16.6. The second-order valence-electron chi connectivity index (χ2n) is 5.13. The number of nitrogens with one attached hydrogen (secondary N) is 1. The van der Waals surface area contributed by atoms with Crippen LogP contribution in [0, 0.1) is 0 Å². The quantitative estimate of drug-likeness (QED) is 0.713. The molecular weight excluding hydrogens is 256 g/mol. The van der Waals surface area contributed by atoms with Gasteiger partial charge in [0.2, 0.25) is 5.91 Å². The molecule has 3 N–H and O–H groups in total. The SMILES string of the molecule is CCOCCOCc1cccc(NC(=O)C(C)(C)N)c1. The first-order chi connectivity index (χ1) is 9.43. The number of hydrogen-bond donors (Lipinski definition) is 2. The predicted molar refractivity (Wildman–Crippen MR) is 79.5 cm³/mol. The molecule has 20 heavy (non-hydrogen) atoms. The molecule has 0 heterocycles. The summed E-state index contributed by atoms with van der Waals surface area (Å²) in [5.74, 6) is -0.216. The van der Waals surface area contributed by atoms with Crippen molar-refractivity contribution in [3.8, 4) is 0 Å². The summed E-state index contributed by atoms with van der Waals surface area (Å²) in [6, 6.07) is 7.53. The molecule has 0 spiro atoms. The van der Waals surface area contributed by atoms with Crippen LogP contribution in [0.15, 0.2) is 24.3 Å². The van der Waals surface area contributed by atoms with Crippen molar-refractivity contribution < 1.29 is 14.3 Å². The topological polar surface area (TPSA) is 73.6 Å². The highest BCUT2D eigenvalue weighted by atomic mass is 16.5. The van der Waals surface area contributed by atoms with E-state index in [9.17, 15) is 4.79 Å². The van der Waals surface area contributed by atoms with Crippen molar-refractivity contribution in [1.82, 2.24) is 0 Å². The monoisotopic (exact) mass is 280 g/mol. The summed E-state index contributed by atoms with van der Waals surface area (Å²) < 4.78 is 10.7. The van der Waals surface area contributed by atoms with Crippen LogP contribution in [-0.4, -0.2) is 31.3 Å². The zero-order chi connectivity index (χ0) is 15.0. The Hall–Kier alpha value is -1.43. The van der Waals surface area contributed by atoms with Crippen LogP contribution in [-0.2, 0) is 20.9 Å². The van der Waals surface area contributed by atoms with E-state index >= 15 is 0 Å². The first-order valence-corrected chi connectivity index (χ1v) is 6.78. The Labute approximate surface area is 120 Å². The first-order valence-electron chi connectivity index (χ1n) is 6.78. The van der Waals surface area contributed by atoms with Crippen molar-refractivity contribution in [3.63, 3.8) is 0 Å². The minimum absolute atomic E-state index is 0.216. The summed E-state index contributed by atoms with van der Waals surface area (Å²) in [7, 11) is 0. The minimum atomic E-state index is -0.899. The summed E-state index contributed by atoms with van der Waals surface area (Å²) in [5.41, 5.74) is 6.56. The van der Waals surface area contributed by atoms with Gasteiger partial charge in [0.15, 0.2) is 0 Å². The lowest BCUT2D eigenvalue weighted by Gasteiger charge is -2.18. The van der Waals surface area contributed by atoms with Gasteiger partial charge in [-0.05, 0) is 38.5 Å². The molecular formula is C15H24N2O3. The maximum absolute atomic E-state index is 11.8. The normalized spacial score (nSPS) is 11.4. The molecule has 5 heteroatoms. The van der Waals surface area contributed by atoms with Crippen molar-refractivity contribution in [1.29, 1.82) is 0 Å². The zero-order valence-corrected chi connectivity index (χ0v) is 12.4. The standard InChI is InChI=1S/C15H24N2O3/c1-4-19-8-9-20-11-12-6-5-7-13(10-12)17-14(18)15(2,3)16/h5-7,10H,4,8-9,11,16H2,1-3H3,(H,17,18). The summed E-state index contributed by atoms with van der Waals surface area (Å²) in [6.07, 6.45) is 0. The molecule has 0 aliphatic heterocycles. The number of carbonyl (C=O) groups excluding carboxylic acids is 1. The zero-order valence-electron chi connectivity index (χ0n) is 12.4. The number of carbonyl (C=O) groups is 1. The van der Waals surface area contributed by atoms with Gasteiger partial charge in [-0.15, -0.1) is 0 Å². The molecule has 0 saturated heterocycles. The molecule has 112 valence electrons. The van der Waals surface area contributed by atoms with Crippen molar-refractivity contribution in [2.75, 3.05) is 25.1 Å². The molecule has 0 saturated carbocycles. The van der Waals surface area contributed by atoms with Gasteiger partial charge in [0.05, 0.1) is 25.4 Å². The lowest BCUT2D eigenvalue weighted by Crippen LogP contribution is -2.45. The third-order valence-corrected chi connectivity index (χ3v) is 2.61. The highest BCUT2D eigenvalue weighted by molar-refractivity contribution is 5.97. The van der Waals surface area contributed by atoms with E-state index in [0.717, 1.165) is 11.3 Å². The molecule has 0 unspecified atom stereocenters. The number of ether oxygens (including phenoxy) is 2. The number of rotatable bonds is 8. The highest BCUT2D eigenvalue weighted by Gasteiger charge is 2.21. The van der Waals surface area contributed by atoms with Gasteiger partial charge in [-0.25, -0.2) is 0 Å². The molecule has 0 bridgehead atoms. The van der Waals surface area contributed by atoms with Crippen molar-refractivity contribution >= 4 is 11.6 Å². The maximum atomic E-state index is 11.8. The maximum Gasteiger partial charge on any atom is 0.243 e. The minimum Gasteiger partial charge on any atom is -0.379 e. The van der Waals surface area contributed by atoms with E-state index in [1.807, 2.05) is 31.2 Å². The molecule has 1 rings (SSSR count). The summed E-state index contributed by atoms with van der Waals surface area (Å²) in [5, 5.41) is 2.79. The number of nitrogens with two attached hydrogens (primary N) is 1. The second kappa shape index (κ2) is 7.99. The van der Waals surface area contributed by atoms with Gasteiger partial charge in [0.1, 0.15) is 0 Å². The van der Waals surface area contributed by atoms with E-state index in [4.69, 9.17) is 15.2 Å². The van der Waals surface area contributed by atoms with Crippen LogP contribution >= 0.6 is 0 Å². The Balaban J connectivity index is 2.47. The van der Waals surface area contributed by atoms with Crippen LogP contribution in [0.3, 0.4) is 0 Å². The van der Waals surface area contributed by atoms with E-state index in [1.54, 1.807) is 13.8 Å². The summed E-state index contributed by atoms with van der Waals surface area (Å²) >= 11 is 0. The average molecular weight is 280 g/mol. The molecule has 0 aromatic heterocycles. The number of hydrogen-bond acceptors (Lipinski definition) is 4. The Morgan fingerprint density at radius 2 is 2.00 bits per heavy atom. The van der Waals surface area contributed by atoms with Crippen LogP contribution < -0.4 is 11.1 Å². The molecule has 0 radical (unpaired) electrons. The van der Waals surface area contributed by atoms with Crippen LogP contribution in [0.25, 0.3) is 0 Å². The van der Waals surface area contributed by atoms with Gasteiger partial charge in [-0.2, -0.15) is 0 Å². The lowest BCUT2D eigenvalue weighted by atomic mass is 10.1. The molecule has 1 aromatic rings. The van der Waals surface area contributed by atoms with Gasteiger partial charge in [0.25, 0.3) is 0 Å². The van der Waals surface area contributed by atoms with Gasteiger partial charge in [-0.3, -0.25) is 4.79 Å². The van der Waals surface area contributed by atoms with E-state index in [-0.39, 0.29) is 5.91 Å². The van der Waals surface area contributed by atoms with Gasteiger partial charge < -0.3 is 20.5 Å². The lowest BCUT2D eigenvalue weighted by molar-refractivity contribution is -0.120.